The second-order valence-electron chi connectivity index (χ2n) is 6.23. The third kappa shape index (κ3) is 3.22. The first kappa shape index (κ1) is 14.6. The van der Waals surface area contributed by atoms with E-state index in [1.807, 2.05) is 0 Å². The lowest BCUT2D eigenvalue weighted by Crippen LogP contribution is -2.52. The zero-order valence-electron chi connectivity index (χ0n) is 12.5. The highest BCUT2D eigenvalue weighted by molar-refractivity contribution is 5.75. The van der Waals surface area contributed by atoms with Gasteiger partial charge in [0.25, 0.3) is 0 Å². The molecule has 2 unspecified atom stereocenters. The van der Waals surface area contributed by atoms with E-state index in [2.05, 4.69) is 23.6 Å². The van der Waals surface area contributed by atoms with Gasteiger partial charge in [-0.25, -0.2) is 4.79 Å². The molecule has 1 aliphatic carbocycles. The van der Waals surface area contributed by atoms with Crippen LogP contribution in [-0.4, -0.2) is 48.1 Å². The van der Waals surface area contributed by atoms with Crippen LogP contribution >= 0.6 is 0 Å². The van der Waals surface area contributed by atoms with Crippen LogP contribution in [0.1, 0.15) is 46.0 Å². The summed E-state index contributed by atoms with van der Waals surface area (Å²) in [6.07, 6.45) is 5.82. The third-order valence-electron chi connectivity index (χ3n) is 4.96. The Hall–Kier alpha value is -0.770. The highest BCUT2D eigenvalue weighted by Gasteiger charge is 2.35. The maximum absolute atomic E-state index is 12.7. The minimum atomic E-state index is 0.250. The van der Waals surface area contributed by atoms with Crippen molar-refractivity contribution in [1.82, 2.24) is 9.80 Å². The average molecular weight is 267 g/mol. The Balaban J connectivity index is 1.98. The lowest BCUT2D eigenvalue weighted by Gasteiger charge is -2.38. The van der Waals surface area contributed by atoms with Crippen LogP contribution in [0.25, 0.3) is 0 Å². The zero-order chi connectivity index (χ0) is 13.8. The molecule has 0 aromatic rings. The second-order valence-corrected chi connectivity index (χ2v) is 6.23. The first-order valence-corrected chi connectivity index (χ1v) is 7.93. The summed E-state index contributed by atoms with van der Waals surface area (Å²) in [6, 6.07) is 0.626. The van der Waals surface area contributed by atoms with E-state index in [4.69, 9.17) is 5.73 Å². The molecule has 4 nitrogen and oxygen atoms in total. The summed E-state index contributed by atoms with van der Waals surface area (Å²) >= 11 is 0. The maximum Gasteiger partial charge on any atom is 0.320 e. The topological polar surface area (TPSA) is 49.6 Å². The monoisotopic (exact) mass is 267 g/mol. The molecule has 19 heavy (non-hydrogen) atoms. The summed E-state index contributed by atoms with van der Waals surface area (Å²) in [6.45, 7) is 7.75. The molecule has 4 heteroatoms. The number of urea groups is 1. The van der Waals surface area contributed by atoms with Gasteiger partial charge in [0.2, 0.25) is 0 Å². The molecular formula is C15H29N3O. The van der Waals surface area contributed by atoms with Crippen molar-refractivity contribution in [1.29, 1.82) is 0 Å². The molecule has 2 aliphatic rings. The summed E-state index contributed by atoms with van der Waals surface area (Å²) in [5.41, 5.74) is 5.86. The molecule has 1 saturated heterocycles. The summed E-state index contributed by atoms with van der Waals surface area (Å²) in [7, 11) is 0. The van der Waals surface area contributed by atoms with Gasteiger partial charge in [-0.3, -0.25) is 0 Å². The lowest BCUT2D eigenvalue weighted by molar-refractivity contribution is 0.111. The molecule has 1 aliphatic heterocycles. The van der Waals surface area contributed by atoms with Crippen molar-refractivity contribution in [2.24, 2.45) is 17.6 Å². The van der Waals surface area contributed by atoms with Crippen molar-refractivity contribution in [3.8, 4) is 0 Å². The SMILES string of the molecule is CCN(C(=O)N1CCC(C)CC1)C1CCCC1CN. The van der Waals surface area contributed by atoms with Gasteiger partial charge in [-0.15, -0.1) is 0 Å². The Morgan fingerprint density at radius 2 is 1.95 bits per heavy atom. The molecule has 2 amide bonds. The number of nitrogens with two attached hydrogens (primary N) is 1. The molecule has 2 atom stereocenters. The predicted octanol–water partition coefficient (Wildman–Crippen LogP) is 2.29. The van der Waals surface area contributed by atoms with Crippen LogP contribution < -0.4 is 5.73 Å². The molecular weight excluding hydrogens is 238 g/mol. The molecule has 2 fully saturated rings. The predicted molar refractivity (Wildman–Crippen MR) is 77.9 cm³/mol. The van der Waals surface area contributed by atoms with Crippen molar-refractivity contribution < 1.29 is 4.79 Å². The Kier molecular flexibility index (Phi) is 5.08. The Morgan fingerprint density at radius 3 is 2.53 bits per heavy atom. The number of hydrogen-bond acceptors (Lipinski definition) is 2. The van der Waals surface area contributed by atoms with Crippen LogP contribution in [0.5, 0.6) is 0 Å². The van der Waals surface area contributed by atoms with Gasteiger partial charge >= 0.3 is 6.03 Å². The molecule has 0 radical (unpaired) electrons. The van der Waals surface area contributed by atoms with Crippen LogP contribution in [0, 0.1) is 11.8 Å². The first-order chi connectivity index (χ1) is 9.17. The van der Waals surface area contributed by atoms with E-state index in [9.17, 15) is 4.79 Å². The van der Waals surface area contributed by atoms with E-state index in [1.165, 1.54) is 12.8 Å². The van der Waals surface area contributed by atoms with Gasteiger partial charge in [-0.2, -0.15) is 0 Å². The number of carbonyl (C=O) groups excluding carboxylic acids is 1. The van der Waals surface area contributed by atoms with E-state index < -0.39 is 0 Å². The van der Waals surface area contributed by atoms with E-state index in [0.29, 0.717) is 18.5 Å². The standard InChI is InChI=1S/C15H29N3O/c1-3-18(14-6-4-5-13(14)11-16)15(19)17-9-7-12(2)8-10-17/h12-14H,3-11,16H2,1-2H3. The molecule has 0 bridgehead atoms. The van der Waals surface area contributed by atoms with Crippen LogP contribution in [-0.2, 0) is 0 Å². The van der Waals surface area contributed by atoms with Gasteiger partial charge < -0.3 is 15.5 Å². The number of likely N-dealkylation sites (tertiary alicyclic amines) is 1. The summed E-state index contributed by atoms with van der Waals surface area (Å²) in [5, 5.41) is 0. The average Bonchev–Trinajstić information content (AvgIpc) is 2.88. The van der Waals surface area contributed by atoms with Gasteiger partial charge in [-0.05, 0) is 51.0 Å². The van der Waals surface area contributed by atoms with Gasteiger partial charge in [0.05, 0.1) is 0 Å². The van der Waals surface area contributed by atoms with E-state index in [-0.39, 0.29) is 6.03 Å². The van der Waals surface area contributed by atoms with Crippen LogP contribution in [0.2, 0.25) is 0 Å². The van der Waals surface area contributed by atoms with E-state index in [1.54, 1.807) is 0 Å². The molecule has 0 aromatic heterocycles. The van der Waals surface area contributed by atoms with Gasteiger partial charge in [0, 0.05) is 25.7 Å². The molecule has 1 heterocycles. The van der Waals surface area contributed by atoms with E-state index in [0.717, 1.165) is 44.8 Å². The molecule has 110 valence electrons. The number of rotatable bonds is 3. The number of piperidine rings is 1. The number of amides is 2. The minimum absolute atomic E-state index is 0.250. The molecule has 2 rings (SSSR count). The normalized spacial score (nSPS) is 28.7. The lowest BCUT2D eigenvalue weighted by atomic mass is 9.99. The highest BCUT2D eigenvalue weighted by atomic mass is 16.2. The summed E-state index contributed by atoms with van der Waals surface area (Å²) < 4.78 is 0. The van der Waals surface area contributed by atoms with E-state index >= 15 is 0 Å². The Labute approximate surface area is 117 Å². The largest absolute Gasteiger partial charge is 0.330 e. The fourth-order valence-electron chi connectivity index (χ4n) is 3.60. The van der Waals surface area contributed by atoms with Crippen molar-refractivity contribution >= 4 is 6.03 Å². The number of nitrogens with zero attached hydrogens (tertiary/aromatic N) is 2. The Bertz CT molecular complexity index is 300. The maximum atomic E-state index is 12.7. The number of carbonyl (C=O) groups is 1. The van der Waals surface area contributed by atoms with Crippen molar-refractivity contribution in [2.75, 3.05) is 26.2 Å². The molecule has 1 saturated carbocycles. The molecule has 0 spiro atoms. The highest BCUT2D eigenvalue weighted by Crippen LogP contribution is 2.30. The quantitative estimate of drug-likeness (QED) is 0.853. The molecule has 0 aromatic carbocycles. The van der Waals surface area contributed by atoms with Gasteiger partial charge in [0.1, 0.15) is 0 Å². The summed E-state index contributed by atoms with van der Waals surface area (Å²) in [5.74, 6) is 1.27. The van der Waals surface area contributed by atoms with Crippen molar-refractivity contribution in [3.05, 3.63) is 0 Å². The van der Waals surface area contributed by atoms with Crippen molar-refractivity contribution in [2.45, 2.75) is 52.0 Å². The smallest absolute Gasteiger partial charge is 0.320 e. The van der Waals surface area contributed by atoms with Crippen LogP contribution in [0.4, 0.5) is 4.79 Å². The van der Waals surface area contributed by atoms with Gasteiger partial charge in [-0.1, -0.05) is 13.3 Å². The summed E-state index contributed by atoms with van der Waals surface area (Å²) in [4.78, 5) is 16.8. The minimum Gasteiger partial charge on any atom is -0.330 e. The first-order valence-electron chi connectivity index (χ1n) is 7.93. The number of hydrogen-bond donors (Lipinski definition) is 1. The third-order valence-corrected chi connectivity index (χ3v) is 4.96. The van der Waals surface area contributed by atoms with Crippen LogP contribution in [0.3, 0.4) is 0 Å². The fourth-order valence-corrected chi connectivity index (χ4v) is 3.60. The fraction of sp³-hybridized carbons (Fsp3) is 0.933. The van der Waals surface area contributed by atoms with Crippen molar-refractivity contribution in [3.63, 3.8) is 0 Å². The second kappa shape index (κ2) is 6.60. The zero-order valence-corrected chi connectivity index (χ0v) is 12.5. The van der Waals surface area contributed by atoms with Gasteiger partial charge in [0.15, 0.2) is 0 Å². The Morgan fingerprint density at radius 1 is 1.26 bits per heavy atom. The molecule has 2 N–H and O–H groups in total. The van der Waals surface area contributed by atoms with Crippen LogP contribution in [0.15, 0.2) is 0 Å².